The van der Waals surface area contributed by atoms with Crippen LogP contribution in [-0.2, 0) is 9.59 Å². The number of benzene rings is 3. The Hall–Kier alpha value is -4.08. The zero-order valence-corrected chi connectivity index (χ0v) is 20.3. The van der Waals surface area contributed by atoms with E-state index in [2.05, 4.69) is 42.1 Å². The van der Waals surface area contributed by atoms with Gasteiger partial charge in [0.2, 0.25) is 0 Å². The number of nitrogens with one attached hydrogen (secondary N) is 3. The molecule has 3 N–H and O–H groups in total. The predicted molar refractivity (Wildman–Crippen MR) is 140 cm³/mol. The maximum absolute atomic E-state index is 12.7. The van der Waals surface area contributed by atoms with Gasteiger partial charge < -0.3 is 10.6 Å². The number of hydrogen-bond donors (Lipinski definition) is 3. The van der Waals surface area contributed by atoms with Crippen molar-refractivity contribution in [2.45, 2.75) is 0 Å². The molecule has 4 aromatic rings. The highest BCUT2D eigenvalue weighted by Gasteiger charge is 2.18. The lowest BCUT2D eigenvalue weighted by atomic mass is 10.1. The summed E-state index contributed by atoms with van der Waals surface area (Å²) in [6.45, 7) is 0. The first-order valence-electron chi connectivity index (χ1n) is 10.3. The van der Waals surface area contributed by atoms with Crippen LogP contribution in [0.25, 0.3) is 10.9 Å². The van der Waals surface area contributed by atoms with Crippen molar-refractivity contribution in [3.8, 4) is 0 Å². The summed E-state index contributed by atoms with van der Waals surface area (Å²) in [6, 6.07) is 22.5. The third-order valence-electron chi connectivity index (χ3n) is 4.80. The molecule has 0 bridgehead atoms. The van der Waals surface area contributed by atoms with E-state index in [1.807, 2.05) is 24.3 Å². The SMILES string of the molecule is O=C(N/N=C\c1cc2ccccc2nc1Cl)C(=O)Nc1ccccc1C(=O)Nc1ccc(Br)cc1. The Kier molecular flexibility index (Phi) is 7.49. The number of anilines is 2. The number of hydrazone groups is 1. The normalized spacial score (nSPS) is 10.8. The molecule has 10 heteroatoms. The van der Waals surface area contributed by atoms with Crippen molar-refractivity contribution in [2.24, 2.45) is 5.10 Å². The lowest BCUT2D eigenvalue weighted by Gasteiger charge is -2.11. The molecule has 0 saturated heterocycles. The highest BCUT2D eigenvalue weighted by molar-refractivity contribution is 9.10. The average Bonchev–Trinajstić information content (AvgIpc) is 2.86. The highest BCUT2D eigenvalue weighted by Crippen LogP contribution is 2.20. The van der Waals surface area contributed by atoms with Gasteiger partial charge in [0, 0.05) is 21.1 Å². The number of amides is 3. The van der Waals surface area contributed by atoms with Gasteiger partial charge in [-0.1, -0.05) is 57.9 Å². The molecule has 0 saturated carbocycles. The molecular formula is C25H17BrClN5O3. The van der Waals surface area contributed by atoms with E-state index in [0.29, 0.717) is 11.3 Å². The monoisotopic (exact) mass is 549 g/mol. The van der Waals surface area contributed by atoms with Crippen molar-refractivity contribution in [3.05, 3.63) is 99.6 Å². The zero-order chi connectivity index (χ0) is 24.8. The second-order valence-electron chi connectivity index (χ2n) is 7.22. The van der Waals surface area contributed by atoms with Gasteiger partial charge in [0.25, 0.3) is 5.91 Å². The van der Waals surface area contributed by atoms with Gasteiger partial charge in [-0.3, -0.25) is 14.4 Å². The van der Waals surface area contributed by atoms with Crippen LogP contribution in [0.1, 0.15) is 15.9 Å². The second kappa shape index (κ2) is 10.9. The fraction of sp³-hybridized carbons (Fsp3) is 0. The van der Waals surface area contributed by atoms with Crippen LogP contribution in [0.2, 0.25) is 5.15 Å². The van der Waals surface area contributed by atoms with E-state index >= 15 is 0 Å². The minimum absolute atomic E-state index is 0.174. The fourth-order valence-electron chi connectivity index (χ4n) is 3.11. The summed E-state index contributed by atoms with van der Waals surface area (Å²) in [6.07, 6.45) is 1.30. The molecule has 1 heterocycles. The van der Waals surface area contributed by atoms with E-state index in [-0.39, 0.29) is 16.4 Å². The van der Waals surface area contributed by atoms with Gasteiger partial charge >= 0.3 is 11.8 Å². The topological polar surface area (TPSA) is 113 Å². The van der Waals surface area contributed by atoms with Crippen LogP contribution in [0.15, 0.2) is 88.4 Å². The maximum Gasteiger partial charge on any atom is 0.329 e. The molecule has 0 fully saturated rings. The van der Waals surface area contributed by atoms with Crippen LogP contribution in [0.3, 0.4) is 0 Å². The lowest BCUT2D eigenvalue weighted by molar-refractivity contribution is -0.136. The van der Waals surface area contributed by atoms with E-state index < -0.39 is 17.7 Å². The molecule has 35 heavy (non-hydrogen) atoms. The first-order chi connectivity index (χ1) is 16.9. The third kappa shape index (κ3) is 6.08. The molecule has 0 aliphatic carbocycles. The molecule has 0 spiro atoms. The fourth-order valence-corrected chi connectivity index (χ4v) is 3.57. The quantitative estimate of drug-likeness (QED) is 0.141. The van der Waals surface area contributed by atoms with Crippen molar-refractivity contribution in [2.75, 3.05) is 10.6 Å². The van der Waals surface area contributed by atoms with Crippen molar-refractivity contribution >= 4 is 73.7 Å². The lowest BCUT2D eigenvalue weighted by Crippen LogP contribution is -2.33. The van der Waals surface area contributed by atoms with Crippen molar-refractivity contribution in [1.29, 1.82) is 0 Å². The molecule has 3 aromatic carbocycles. The maximum atomic E-state index is 12.7. The predicted octanol–water partition coefficient (Wildman–Crippen LogP) is 4.99. The number of hydrogen-bond acceptors (Lipinski definition) is 5. The number of carbonyl (C=O) groups excluding carboxylic acids is 3. The van der Waals surface area contributed by atoms with E-state index in [9.17, 15) is 14.4 Å². The van der Waals surface area contributed by atoms with Crippen LogP contribution in [0.4, 0.5) is 11.4 Å². The van der Waals surface area contributed by atoms with Crippen LogP contribution in [0.5, 0.6) is 0 Å². The van der Waals surface area contributed by atoms with Gasteiger partial charge in [0.1, 0.15) is 5.15 Å². The first kappa shape index (κ1) is 24.1. The van der Waals surface area contributed by atoms with Crippen LogP contribution < -0.4 is 16.1 Å². The summed E-state index contributed by atoms with van der Waals surface area (Å²) in [7, 11) is 0. The molecule has 1 aromatic heterocycles. The van der Waals surface area contributed by atoms with E-state index in [0.717, 1.165) is 15.4 Å². The van der Waals surface area contributed by atoms with Gasteiger partial charge in [-0.05, 0) is 48.5 Å². The van der Waals surface area contributed by atoms with E-state index in [4.69, 9.17) is 11.6 Å². The minimum Gasteiger partial charge on any atom is -0.322 e. The number of halogens is 2. The number of aromatic nitrogens is 1. The van der Waals surface area contributed by atoms with Gasteiger partial charge in [0.15, 0.2) is 0 Å². The van der Waals surface area contributed by atoms with Crippen molar-refractivity contribution < 1.29 is 14.4 Å². The Morgan fingerprint density at radius 3 is 2.40 bits per heavy atom. The number of carbonyl (C=O) groups is 3. The number of para-hydroxylation sites is 2. The summed E-state index contributed by atoms with van der Waals surface area (Å²) in [4.78, 5) is 41.6. The van der Waals surface area contributed by atoms with Gasteiger partial charge in [0.05, 0.1) is 23.0 Å². The van der Waals surface area contributed by atoms with Crippen molar-refractivity contribution in [1.82, 2.24) is 10.4 Å². The molecule has 4 rings (SSSR count). The molecule has 0 unspecified atom stereocenters. The molecule has 0 aliphatic heterocycles. The number of pyridine rings is 1. The number of rotatable bonds is 5. The first-order valence-corrected chi connectivity index (χ1v) is 11.4. The standard InChI is InChI=1S/C25H17BrClN5O3/c26-17-9-11-18(12-10-17)29-23(33)19-6-2-4-8-21(19)31-24(34)25(35)32-28-14-16-13-15-5-1-3-7-20(15)30-22(16)27/h1-14H,(H,29,33)(H,31,34)(H,32,35)/b28-14-. The Morgan fingerprint density at radius 2 is 1.60 bits per heavy atom. The molecule has 3 amide bonds. The molecule has 0 radical (unpaired) electrons. The Bertz CT molecular complexity index is 1460. The van der Waals surface area contributed by atoms with Crippen molar-refractivity contribution in [3.63, 3.8) is 0 Å². The van der Waals surface area contributed by atoms with Gasteiger partial charge in [-0.25, -0.2) is 10.4 Å². The van der Waals surface area contributed by atoms with Gasteiger partial charge in [-0.2, -0.15) is 5.10 Å². The summed E-state index contributed by atoms with van der Waals surface area (Å²) >= 11 is 9.50. The number of nitrogens with zero attached hydrogens (tertiary/aromatic N) is 2. The van der Waals surface area contributed by atoms with Gasteiger partial charge in [-0.15, -0.1) is 0 Å². The third-order valence-corrected chi connectivity index (χ3v) is 5.63. The molecule has 174 valence electrons. The van der Waals surface area contributed by atoms with Crippen LogP contribution in [0, 0.1) is 0 Å². The summed E-state index contributed by atoms with van der Waals surface area (Å²) in [5.74, 6) is -2.46. The Morgan fingerprint density at radius 1 is 0.886 bits per heavy atom. The molecule has 8 nitrogen and oxygen atoms in total. The van der Waals surface area contributed by atoms with E-state index in [1.54, 1.807) is 42.5 Å². The Labute approximate surface area is 213 Å². The smallest absolute Gasteiger partial charge is 0.322 e. The summed E-state index contributed by atoms with van der Waals surface area (Å²) in [5, 5.41) is 10.0. The number of fused-ring (bicyclic) bond motifs is 1. The summed E-state index contributed by atoms with van der Waals surface area (Å²) < 4.78 is 0.871. The Balaban J connectivity index is 1.41. The zero-order valence-electron chi connectivity index (χ0n) is 18.0. The van der Waals surface area contributed by atoms with E-state index in [1.165, 1.54) is 18.3 Å². The van der Waals surface area contributed by atoms with Crippen LogP contribution >= 0.6 is 27.5 Å². The molecule has 0 aliphatic rings. The minimum atomic E-state index is -1.02. The largest absolute Gasteiger partial charge is 0.329 e. The second-order valence-corrected chi connectivity index (χ2v) is 8.49. The molecule has 0 atom stereocenters. The summed E-state index contributed by atoms with van der Waals surface area (Å²) in [5.41, 5.74) is 4.28. The average molecular weight is 551 g/mol. The highest BCUT2D eigenvalue weighted by atomic mass is 79.9. The van der Waals surface area contributed by atoms with Crippen LogP contribution in [-0.4, -0.2) is 28.9 Å². The molecular weight excluding hydrogens is 534 g/mol.